The highest BCUT2D eigenvalue weighted by molar-refractivity contribution is 7.99. The Hall–Kier alpha value is -4.70. The molecule has 0 aliphatic carbocycles. The van der Waals surface area contributed by atoms with Crippen molar-refractivity contribution in [3.63, 3.8) is 0 Å². The number of nitrogens with one attached hydrogen (secondary N) is 2. The second-order valence-electron chi connectivity index (χ2n) is 10.1. The number of urea groups is 1. The Morgan fingerprint density at radius 1 is 1.07 bits per heavy atom. The summed E-state index contributed by atoms with van der Waals surface area (Å²) < 4.78 is 3.55. The van der Waals surface area contributed by atoms with Crippen LogP contribution in [-0.4, -0.2) is 35.4 Å². The van der Waals surface area contributed by atoms with E-state index < -0.39 is 0 Å². The van der Waals surface area contributed by atoms with Crippen molar-refractivity contribution in [2.45, 2.75) is 42.5 Å². The number of hydrogen-bond donors (Lipinski definition) is 2. The predicted molar refractivity (Wildman–Crippen MR) is 159 cm³/mol. The van der Waals surface area contributed by atoms with E-state index in [1.807, 2.05) is 71.3 Å². The van der Waals surface area contributed by atoms with Crippen LogP contribution in [0.15, 0.2) is 102 Å². The molecule has 9 nitrogen and oxygen atoms in total. The average molecular weight is 551 g/mol. The Morgan fingerprint density at radius 3 is 2.62 bits per heavy atom. The van der Waals surface area contributed by atoms with Gasteiger partial charge in [-0.1, -0.05) is 76.0 Å². The maximum Gasteiger partial charge on any atom is 0.320 e. The van der Waals surface area contributed by atoms with Crippen molar-refractivity contribution < 1.29 is 4.79 Å². The van der Waals surface area contributed by atoms with Gasteiger partial charge in [-0.2, -0.15) is 9.78 Å². The van der Waals surface area contributed by atoms with Gasteiger partial charge in [0.25, 0.3) is 0 Å². The van der Waals surface area contributed by atoms with Gasteiger partial charge in [0.15, 0.2) is 17.3 Å². The molecule has 2 N–H and O–H groups in total. The number of pyridine rings is 2. The van der Waals surface area contributed by atoms with Crippen LogP contribution in [-0.2, 0) is 12.0 Å². The molecule has 202 valence electrons. The number of hydrogen-bond acceptors (Lipinski definition) is 6. The first-order chi connectivity index (χ1) is 19.2. The number of allylic oxidation sites excluding steroid dienone is 2. The fourth-order valence-corrected chi connectivity index (χ4v) is 4.91. The van der Waals surface area contributed by atoms with E-state index in [4.69, 9.17) is 5.10 Å². The summed E-state index contributed by atoms with van der Waals surface area (Å²) in [5, 5.41) is 19.1. The molecule has 0 saturated carbocycles. The highest BCUT2D eigenvalue weighted by Crippen LogP contribution is 2.31. The molecule has 4 heterocycles. The number of carbonyl (C=O) groups is 1. The van der Waals surface area contributed by atoms with Gasteiger partial charge in [0, 0.05) is 45.8 Å². The van der Waals surface area contributed by atoms with Crippen LogP contribution in [0, 0.1) is 0 Å². The number of amides is 2. The van der Waals surface area contributed by atoms with Crippen molar-refractivity contribution in [3.05, 3.63) is 109 Å². The maximum absolute atomic E-state index is 13.0. The quantitative estimate of drug-likeness (QED) is 0.221. The summed E-state index contributed by atoms with van der Waals surface area (Å²) in [6.07, 6.45) is 5.34. The van der Waals surface area contributed by atoms with Crippen LogP contribution in [0.2, 0.25) is 0 Å². The number of aromatic nitrogens is 6. The molecule has 0 spiro atoms. The van der Waals surface area contributed by atoms with Gasteiger partial charge in [-0.3, -0.25) is 9.72 Å². The number of anilines is 1. The third-order valence-corrected chi connectivity index (χ3v) is 7.23. The fourth-order valence-electron chi connectivity index (χ4n) is 3.94. The van der Waals surface area contributed by atoms with E-state index in [2.05, 4.69) is 59.7 Å². The van der Waals surface area contributed by atoms with Crippen LogP contribution >= 0.6 is 11.8 Å². The fraction of sp³-hybridized carbons (Fsp3) is 0.167. The molecule has 0 saturated heterocycles. The van der Waals surface area contributed by atoms with E-state index >= 15 is 0 Å². The van der Waals surface area contributed by atoms with Crippen molar-refractivity contribution in [2.24, 2.45) is 0 Å². The summed E-state index contributed by atoms with van der Waals surface area (Å²) in [4.78, 5) is 19.4. The summed E-state index contributed by atoms with van der Waals surface area (Å²) in [5.41, 5.74) is 3.06. The van der Waals surface area contributed by atoms with E-state index in [0.717, 1.165) is 26.7 Å². The Bertz CT molecular complexity index is 1700. The average Bonchev–Trinajstić information content (AvgIpc) is 3.57. The lowest BCUT2D eigenvalue weighted by Crippen LogP contribution is -2.29. The minimum atomic E-state index is -0.337. The molecule has 0 bridgehead atoms. The standard InChI is InChI=1S/C30H30N8OS/c1-6-20(2)28-35-34-26-15-14-22(19-37(26)28)40-23-12-8-7-11-21(23)18-32-29(39)33-27-17-24(30(3,4)5)36-38(27)25-13-9-10-16-31-25/h6-17,19H,1-2,18H2,3-5H3,(H2,32,33,39). The number of rotatable bonds is 8. The highest BCUT2D eigenvalue weighted by atomic mass is 32.2. The number of carbonyl (C=O) groups excluding carboxylic acids is 1. The Morgan fingerprint density at radius 2 is 1.88 bits per heavy atom. The van der Waals surface area contributed by atoms with Crippen molar-refractivity contribution in [3.8, 4) is 5.82 Å². The van der Waals surface area contributed by atoms with Crippen LogP contribution in [0.3, 0.4) is 0 Å². The van der Waals surface area contributed by atoms with Gasteiger partial charge >= 0.3 is 6.03 Å². The van der Waals surface area contributed by atoms with Gasteiger partial charge in [-0.25, -0.2) is 9.78 Å². The maximum atomic E-state index is 13.0. The minimum absolute atomic E-state index is 0.196. The Labute approximate surface area is 237 Å². The molecule has 40 heavy (non-hydrogen) atoms. The van der Waals surface area contributed by atoms with Crippen molar-refractivity contribution >= 4 is 34.8 Å². The van der Waals surface area contributed by atoms with Crippen LogP contribution in [0.1, 0.15) is 37.9 Å². The Kier molecular flexibility index (Phi) is 7.52. The van der Waals surface area contributed by atoms with E-state index in [1.54, 1.807) is 28.7 Å². The second kappa shape index (κ2) is 11.2. The monoisotopic (exact) mass is 550 g/mol. The minimum Gasteiger partial charge on any atom is -0.334 e. The molecule has 5 rings (SSSR count). The molecular formula is C30H30N8OS. The topological polar surface area (TPSA) is 102 Å². The third kappa shape index (κ3) is 5.81. The lowest BCUT2D eigenvalue weighted by molar-refractivity contribution is 0.251. The summed E-state index contributed by atoms with van der Waals surface area (Å²) in [7, 11) is 0. The molecule has 5 aromatic rings. The molecule has 10 heteroatoms. The van der Waals surface area contributed by atoms with Crippen molar-refractivity contribution in [1.82, 2.24) is 34.7 Å². The molecular weight excluding hydrogens is 520 g/mol. The summed E-state index contributed by atoms with van der Waals surface area (Å²) in [6.45, 7) is 14.4. The van der Waals surface area contributed by atoms with Gasteiger partial charge in [-0.05, 0) is 35.9 Å². The largest absolute Gasteiger partial charge is 0.334 e. The summed E-state index contributed by atoms with van der Waals surface area (Å²) >= 11 is 1.60. The van der Waals surface area contributed by atoms with E-state index in [9.17, 15) is 4.79 Å². The number of fused-ring (bicyclic) bond motifs is 1. The third-order valence-electron chi connectivity index (χ3n) is 6.13. The molecule has 4 aromatic heterocycles. The van der Waals surface area contributed by atoms with Gasteiger partial charge < -0.3 is 5.32 Å². The predicted octanol–water partition coefficient (Wildman–Crippen LogP) is 6.28. The van der Waals surface area contributed by atoms with E-state index in [-0.39, 0.29) is 11.4 Å². The van der Waals surface area contributed by atoms with Crippen LogP contribution in [0.4, 0.5) is 10.6 Å². The molecule has 0 aliphatic rings. The molecule has 1 aromatic carbocycles. The van der Waals surface area contributed by atoms with Crippen molar-refractivity contribution in [1.29, 1.82) is 0 Å². The molecule has 0 aliphatic heterocycles. The molecule has 0 atom stereocenters. The lowest BCUT2D eigenvalue weighted by Gasteiger charge is -2.13. The number of nitrogens with zero attached hydrogens (tertiary/aromatic N) is 6. The van der Waals surface area contributed by atoms with Gasteiger partial charge in [0.05, 0.1) is 5.69 Å². The first-order valence-corrected chi connectivity index (χ1v) is 13.5. The number of benzene rings is 1. The zero-order valence-corrected chi connectivity index (χ0v) is 23.4. The van der Waals surface area contributed by atoms with Crippen LogP contribution in [0.25, 0.3) is 17.0 Å². The molecule has 0 fully saturated rings. The SMILES string of the molecule is C=CC(=C)c1nnc2ccc(Sc3ccccc3CNC(=O)Nc3cc(C(C)(C)C)nn3-c3ccccn3)cn12. The van der Waals surface area contributed by atoms with Gasteiger partial charge in [0.2, 0.25) is 0 Å². The zero-order chi connectivity index (χ0) is 28.3. The zero-order valence-electron chi connectivity index (χ0n) is 22.6. The normalized spacial score (nSPS) is 11.4. The van der Waals surface area contributed by atoms with E-state index in [0.29, 0.717) is 29.6 Å². The highest BCUT2D eigenvalue weighted by Gasteiger charge is 2.22. The van der Waals surface area contributed by atoms with Crippen molar-refractivity contribution in [2.75, 3.05) is 5.32 Å². The Balaban J connectivity index is 1.32. The smallest absolute Gasteiger partial charge is 0.320 e. The molecule has 0 radical (unpaired) electrons. The van der Waals surface area contributed by atoms with E-state index in [1.165, 1.54) is 0 Å². The summed E-state index contributed by atoms with van der Waals surface area (Å²) in [6, 6.07) is 19.0. The molecule has 2 amide bonds. The first kappa shape index (κ1) is 26.9. The van der Waals surface area contributed by atoms with Crippen LogP contribution in [0.5, 0.6) is 0 Å². The van der Waals surface area contributed by atoms with Crippen LogP contribution < -0.4 is 10.6 Å². The van der Waals surface area contributed by atoms with Gasteiger partial charge in [0.1, 0.15) is 5.82 Å². The first-order valence-electron chi connectivity index (χ1n) is 12.7. The molecule has 0 unspecified atom stereocenters. The second-order valence-corrected chi connectivity index (χ2v) is 11.2. The summed E-state index contributed by atoms with van der Waals surface area (Å²) in [5.74, 6) is 1.82. The lowest BCUT2D eigenvalue weighted by atomic mass is 9.92. The van der Waals surface area contributed by atoms with Gasteiger partial charge in [-0.15, -0.1) is 10.2 Å².